The first-order chi connectivity index (χ1) is 8.64. The lowest BCUT2D eigenvalue weighted by Gasteiger charge is -2.43. The Morgan fingerprint density at radius 1 is 1.11 bits per heavy atom. The average molecular weight is 270 g/mol. The molecule has 0 saturated carbocycles. The van der Waals surface area contributed by atoms with Gasteiger partial charge in [-0.15, -0.1) is 0 Å². The molecule has 2 heterocycles. The molecule has 0 aromatic rings. The number of nitrogens with zero attached hydrogens (tertiary/aromatic N) is 2. The van der Waals surface area contributed by atoms with Gasteiger partial charge in [-0.1, -0.05) is 13.8 Å². The normalized spacial score (nSPS) is 33.8. The Hall–Kier alpha value is -0.160. The highest BCUT2D eigenvalue weighted by Crippen LogP contribution is 2.39. The highest BCUT2D eigenvalue weighted by molar-refractivity contribution is 5.02. The minimum atomic E-state index is -0.589. The third kappa shape index (κ3) is 3.13. The van der Waals surface area contributed by atoms with E-state index in [1.54, 1.807) is 0 Å². The van der Waals surface area contributed by atoms with Gasteiger partial charge in [0.15, 0.2) is 0 Å². The standard InChI is InChI=1S/C15H30N2O2/c1-13(2)10-16(12-15(13,5)18)11-14(3,4)17-6-8-19-9-7-17/h18H,6-12H2,1-5H3/t15-/m1/s1. The molecule has 0 radical (unpaired) electrons. The first-order valence-corrected chi connectivity index (χ1v) is 7.42. The highest BCUT2D eigenvalue weighted by atomic mass is 16.5. The number of hydrogen-bond donors (Lipinski definition) is 1. The van der Waals surface area contributed by atoms with Crippen LogP contribution >= 0.6 is 0 Å². The zero-order valence-electron chi connectivity index (χ0n) is 13.2. The minimum absolute atomic E-state index is 0.0336. The van der Waals surface area contributed by atoms with Crippen LogP contribution < -0.4 is 0 Å². The Morgan fingerprint density at radius 2 is 1.68 bits per heavy atom. The van der Waals surface area contributed by atoms with Crippen LogP contribution in [-0.4, -0.2) is 72.0 Å². The quantitative estimate of drug-likeness (QED) is 0.836. The van der Waals surface area contributed by atoms with E-state index in [4.69, 9.17) is 4.74 Å². The molecule has 0 spiro atoms. The Labute approximate surface area is 117 Å². The number of morpholine rings is 1. The van der Waals surface area contributed by atoms with Crippen LogP contribution in [0.2, 0.25) is 0 Å². The summed E-state index contributed by atoms with van der Waals surface area (Å²) in [5.41, 5.74) is -0.484. The fourth-order valence-electron chi connectivity index (χ4n) is 3.36. The molecule has 0 amide bonds. The third-order valence-corrected chi connectivity index (χ3v) is 5.09. The van der Waals surface area contributed by atoms with Gasteiger partial charge in [0.05, 0.1) is 18.8 Å². The summed E-state index contributed by atoms with van der Waals surface area (Å²) in [4.78, 5) is 4.92. The molecular weight excluding hydrogens is 240 g/mol. The predicted molar refractivity (Wildman–Crippen MR) is 77.3 cm³/mol. The van der Waals surface area contributed by atoms with Crippen molar-refractivity contribution in [2.45, 2.75) is 45.8 Å². The Morgan fingerprint density at radius 3 is 2.16 bits per heavy atom. The summed E-state index contributed by atoms with van der Waals surface area (Å²) >= 11 is 0. The summed E-state index contributed by atoms with van der Waals surface area (Å²) in [6.07, 6.45) is 0. The maximum atomic E-state index is 10.5. The second-order valence-corrected chi connectivity index (χ2v) is 7.71. The Kier molecular flexibility index (Phi) is 4.00. The van der Waals surface area contributed by atoms with Crippen molar-refractivity contribution in [2.75, 3.05) is 45.9 Å². The first kappa shape index (κ1) is 15.2. The first-order valence-electron chi connectivity index (χ1n) is 7.42. The molecule has 0 aromatic heterocycles. The lowest BCUT2D eigenvalue weighted by atomic mass is 9.79. The van der Waals surface area contributed by atoms with Gasteiger partial charge >= 0.3 is 0 Å². The number of ether oxygens (including phenoxy) is 1. The van der Waals surface area contributed by atoms with Crippen molar-refractivity contribution < 1.29 is 9.84 Å². The number of β-amino-alcohol motifs (C(OH)–C–C–N with tert-alkyl or cyclic N) is 1. The van der Waals surface area contributed by atoms with Crippen LogP contribution in [0.5, 0.6) is 0 Å². The molecule has 0 bridgehead atoms. The van der Waals surface area contributed by atoms with Crippen LogP contribution in [0.1, 0.15) is 34.6 Å². The van der Waals surface area contributed by atoms with E-state index in [2.05, 4.69) is 37.5 Å². The molecule has 2 rings (SSSR count). The fraction of sp³-hybridized carbons (Fsp3) is 1.00. The van der Waals surface area contributed by atoms with E-state index in [1.807, 2.05) is 6.92 Å². The van der Waals surface area contributed by atoms with Gasteiger partial charge in [-0.25, -0.2) is 0 Å². The number of likely N-dealkylation sites (tertiary alicyclic amines) is 1. The Bertz CT molecular complexity index is 304. The molecule has 0 aromatic carbocycles. The highest BCUT2D eigenvalue weighted by Gasteiger charge is 2.48. The summed E-state index contributed by atoms with van der Waals surface area (Å²) in [5, 5.41) is 10.5. The molecule has 1 atom stereocenters. The van der Waals surface area contributed by atoms with Gasteiger partial charge in [0.2, 0.25) is 0 Å². The van der Waals surface area contributed by atoms with E-state index < -0.39 is 5.60 Å². The summed E-state index contributed by atoms with van der Waals surface area (Å²) in [6, 6.07) is 0. The molecule has 0 unspecified atom stereocenters. The molecule has 19 heavy (non-hydrogen) atoms. The maximum Gasteiger partial charge on any atom is 0.0808 e. The SMILES string of the molecule is CC(C)(CN1CC(C)(C)[C@](C)(O)C1)N1CCOCC1. The summed E-state index contributed by atoms with van der Waals surface area (Å²) in [5.74, 6) is 0. The van der Waals surface area contributed by atoms with Crippen molar-refractivity contribution in [1.82, 2.24) is 9.80 Å². The Balaban J connectivity index is 1.97. The van der Waals surface area contributed by atoms with Crippen LogP contribution in [0.15, 0.2) is 0 Å². The second kappa shape index (κ2) is 4.99. The molecule has 4 nitrogen and oxygen atoms in total. The molecule has 2 aliphatic rings. The summed E-state index contributed by atoms with van der Waals surface area (Å²) in [6.45, 7) is 17.4. The largest absolute Gasteiger partial charge is 0.388 e. The minimum Gasteiger partial charge on any atom is -0.388 e. The van der Waals surface area contributed by atoms with Crippen LogP contribution in [-0.2, 0) is 4.74 Å². The van der Waals surface area contributed by atoms with E-state index in [0.717, 1.165) is 45.9 Å². The zero-order chi connectivity index (χ0) is 14.3. The van der Waals surface area contributed by atoms with Crippen LogP contribution in [0.4, 0.5) is 0 Å². The van der Waals surface area contributed by atoms with Gasteiger partial charge in [0.25, 0.3) is 0 Å². The van der Waals surface area contributed by atoms with E-state index in [-0.39, 0.29) is 11.0 Å². The predicted octanol–water partition coefficient (Wildman–Crippen LogP) is 1.19. The van der Waals surface area contributed by atoms with Gasteiger partial charge in [-0.2, -0.15) is 0 Å². The third-order valence-electron chi connectivity index (χ3n) is 5.09. The van der Waals surface area contributed by atoms with Crippen LogP contribution in [0, 0.1) is 5.41 Å². The molecule has 4 heteroatoms. The second-order valence-electron chi connectivity index (χ2n) is 7.71. The molecule has 112 valence electrons. The molecule has 2 fully saturated rings. The molecule has 0 aliphatic carbocycles. The van der Waals surface area contributed by atoms with Crippen molar-refractivity contribution in [3.05, 3.63) is 0 Å². The van der Waals surface area contributed by atoms with Gasteiger partial charge in [0, 0.05) is 43.7 Å². The number of rotatable bonds is 3. The topological polar surface area (TPSA) is 35.9 Å². The lowest BCUT2D eigenvalue weighted by molar-refractivity contribution is -0.0246. The van der Waals surface area contributed by atoms with E-state index in [1.165, 1.54) is 0 Å². The van der Waals surface area contributed by atoms with Crippen molar-refractivity contribution in [3.8, 4) is 0 Å². The van der Waals surface area contributed by atoms with Crippen molar-refractivity contribution in [1.29, 1.82) is 0 Å². The van der Waals surface area contributed by atoms with Crippen molar-refractivity contribution >= 4 is 0 Å². The fourth-order valence-corrected chi connectivity index (χ4v) is 3.36. The maximum absolute atomic E-state index is 10.5. The summed E-state index contributed by atoms with van der Waals surface area (Å²) < 4.78 is 5.44. The van der Waals surface area contributed by atoms with E-state index in [0.29, 0.717) is 0 Å². The van der Waals surface area contributed by atoms with Gasteiger partial charge in [-0.3, -0.25) is 9.80 Å². The monoisotopic (exact) mass is 270 g/mol. The molecule has 1 N–H and O–H groups in total. The van der Waals surface area contributed by atoms with E-state index in [9.17, 15) is 5.11 Å². The molecular formula is C15H30N2O2. The van der Waals surface area contributed by atoms with Gasteiger partial charge in [0.1, 0.15) is 0 Å². The van der Waals surface area contributed by atoms with Crippen LogP contribution in [0.25, 0.3) is 0 Å². The summed E-state index contributed by atoms with van der Waals surface area (Å²) in [7, 11) is 0. The lowest BCUT2D eigenvalue weighted by Crippen LogP contribution is -2.55. The van der Waals surface area contributed by atoms with Crippen molar-refractivity contribution in [2.24, 2.45) is 5.41 Å². The molecule has 2 saturated heterocycles. The zero-order valence-corrected chi connectivity index (χ0v) is 13.2. The van der Waals surface area contributed by atoms with Gasteiger partial charge in [-0.05, 0) is 20.8 Å². The molecule has 2 aliphatic heterocycles. The smallest absolute Gasteiger partial charge is 0.0808 e. The van der Waals surface area contributed by atoms with Gasteiger partial charge < -0.3 is 9.84 Å². The van der Waals surface area contributed by atoms with Crippen molar-refractivity contribution in [3.63, 3.8) is 0 Å². The number of aliphatic hydroxyl groups is 1. The number of hydrogen-bond acceptors (Lipinski definition) is 4. The average Bonchev–Trinajstić information content (AvgIpc) is 2.47. The van der Waals surface area contributed by atoms with Crippen LogP contribution in [0.3, 0.4) is 0 Å². The van der Waals surface area contributed by atoms with E-state index >= 15 is 0 Å².